The molecule has 6 rings (SSSR count). The van der Waals surface area contributed by atoms with E-state index in [1.54, 1.807) is 48.4 Å². The molecule has 0 aliphatic rings. The van der Waals surface area contributed by atoms with Crippen molar-refractivity contribution in [2.45, 2.75) is 6.92 Å². The molecule has 4 aromatic heterocycles. The number of nitrogens with one attached hydrogen (secondary N) is 1. The smallest absolute Gasteiger partial charge is 0.268 e. The molecule has 0 saturated carbocycles. The van der Waals surface area contributed by atoms with Crippen LogP contribution in [-0.2, 0) is 7.05 Å². The van der Waals surface area contributed by atoms with E-state index in [9.17, 15) is 14.0 Å². The van der Waals surface area contributed by atoms with Crippen molar-refractivity contribution < 1.29 is 18.3 Å². The molecule has 0 aliphatic heterocycles. The molecule has 6 aromatic rings. The first-order valence-electron chi connectivity index (χ1n) is 12.5. The lowest BCUT2D eigenvalue weighted by molar-refractivity contribution is 0.102. The predicted molar refractivity (Wildman–Crippen MR) is 149 cm³/mol. The van der Waals surface area contributed by atoms with Gasteiger partial charge in [0.15, 0.2) is 17.3 Å². The summed E-state index contributed by atoms with van der Waals surface area (Å²) in [6.07, 6.45) is 6.92. The Bertz CT molecular complexity index is 1990. The van der Waals surface area contributed by atoms with E-state index in [0.717, 1.165) is 11.6 Å². The number of benzene rings is 2. The minimum absolute atomic E-state index is 0.0710. The van der Waals surface area contributed by atoms with Crippen molar-refractivity contribution in [2.24, 2.45) is 7.05 Å². The molecule has 2 aromatic carbocycles. The van der Waals surface area contributed by atoms with Gasteiger partial charge >= 0.3 is 0 Å². The van der Waals surface area contributed by atoms with Gasteiger partial charge in [-0.05, 0) is 67.6 Å². The highest BCUT2D eigenvalue weighted by Gasteiger charge is 2.17. The minimum atomic E-state index is -0.726. The molecular formula is C30H22F2N6O3. The second-order valence-corrected chi connectivity index (χ2v) is 9.39. The summed E-state index contributed by atoms with van der Waals surface area (Å²) in [5.74, 6) is -1.60. The zero-order valence-corrected chi connectivity index (χ0v) is 21.9. The van der Waals surface area contributed by atoms with Crippen LogP contribution in [0.15, 0.2) is 96.4 Å². The summed E-state index contributed by atoms with van der Waals surface area (Å²) in [5.41, 5.74) is 2.40. The maximum Gasteiger partial charge on any atom is 0.268 e. The van der Waals surface area contributed by atoms with E-state index in [2.05, 4.69) is 15.4 Å². The highest BCUT2D eigenvalue weighted by molar-refractivity contribution is 6.04. The molecule has 4 heterocycles. The van der Waals surface area contributed by atoms with Gasteiger partial charge in [0.05, 0.1) is 18.2 Å². The van der Waals surface area contributed by atoms with Crippen molar-refractivity contribution in [3.8, 4) is 28.4 Å². The number of amides is 1. The lowest BCUT2D eigenvalue weighted by Crippen LogP contribution is -2.29. The van der Waals surface area contributed by atoms with Crippen LogP contribution in [0.5, 0.6) is 11.5 Å². The molecule has 1 N–H and O–H groups in total. The average Bonchev–Trinajstić information content (AvgIpc) is 3.60. The Kier molecular flexibility index (Phi) is 6.38. The van der Waals surface area contributed by atoms with E-state index >= 15 is 4.39 Å². The molecule has 0 atom stereocenters. The zero-order valence-electron chi connectivity index (χ0n) is 21.9. The Balaban J connectivity index is 1.26. The molecule has 41 heavy (non-hydrogen) atoms. The van der Waals surface area contributed by atoms with Crippen LogP contribution in [0.3, 0.4) is 0 Å². The monoisotopic (exact) mass is 552 g/mol. The summed E-state index contributed by atoms with van der Waals surface area (Å²) < 4.78 is 39.2. The highest BCUT2D eigenvalue weighted by atomic mass is 19.1. The molecule has 1 amide bonds. The predicted octanol–water partition coefficient (Wildman–Crippen LogP) is 5.52. The van der Waals surface area contributed by atoms with Crippen molar-refractivity contribution in [2.75, 3.05) is 5.32 Å². The van der Waals surface area contributed by atoms with E-state index < -0.39 is 23.1 Å². The first-order valence-corrected chi connectivity index (χ1v) is 12.5. The van der Waals surface area contributed by atoms with Crippen molar-refractivity contribution in [3.63, 3.8) is 0 Å². The molecule has 0 aliphatic carbocycles. The number of aromatic nitrogens is 5. The standard InChI is InChI=1S/C30H22F2N6O3/c1-18-3-9-23(30(40)38(18)22-7-4-20(31)5-8-22)29(39)35-21-6-10-27(24(32)14-21)41-28-13-19(25-16-36(2)17-33-25)15-37-26(28)11-12-34-37/h3-17H,1-2H3,(H,35,39). The molecule has 0 unspecified atom stereocenters. The van der Waals surface area contributed by atoms with E-state index in [-0.39, 0.29) is 17.0 Å². The Labute approximate surface area is 231 Å². The van der Waals surface area contributed by atoms with Gasteiger partial charge in [0, 0.05) is 48.1 Å². The first-order chi connectivity index (χ1) is 19.8. The van der Waals surface area contributed by atoms with E-state index in [0.29, 0.717) is 28.3 Å². The molecule has 9 nitrogen and oxygen atoms in total. The van der Waals surface area contributed by atoms with Gasteiger partial charge in [0.2, 0.25) is 0 Å². The fourth-order valence-corrected chi connectivity index (χ4v) is 4.47. The lowest BCUT2D eigenvalue weighted by Gasteiger charge is -2.13. The number of carbonyl (C=O) groups excluding carboxylic acids is 1. The van der Waals surface area contributed by atoms with Gasteiger partial charge in [-0.3, -0.25) is 14.2 Å². The number of rotatable bonds is 6. The number of nitrogens with zero attached hydrogens (tertiary/aromatic N) is 5. The molecule has 0 saturated heterocycles. The summed E-state index contributed by atoms with van der Waals surface area (Å²) in [5, 5.41) is 6.83. The maximum atomic E-state index is 15.2. The molecule has 0 spiro atoms. The summed E-state index contributed by atoms with van der Waals surface area (Å²) in [7, 11) is 1.86. The van der Waals surface area contributed by atoms with Crippen LogP contribution in [0.1, 0.15) is 16.1 Å². The van der Waals surface area contributed by atoms with E-state index in [1.165, 1.54) is 47.0 Å². The van der Waals surface area contributed by atoms with Crippen LogP contribution in [0.2, 0.25) is 0 Å². The molecule has 0 radical (unpaired) electrons. The Morgan fingerprint density at radius 3 is 2.49 bits per heavy atom. The zero-order chi connectivity index (χ0) is 28.7. The second kappa shape index (κ2) is 10.2. The van der Waals surface area contributed by atoms with Gasteiger partial charge in [-0.25, -0.2) is 18.3 Å². The molecule has 0 bridgehead atoms. The number of anilines is 1. The van der Waals surface area contributed by atoms with Crippen LogP contribution >= 0.6 is 0 Å². The molecule has 0 fully saturated rings. The second-order valence-electron chi connectivity index (χ2n) is 9.39. The normalized spacial score (nSPS) is 11.1. The number of imidazole rings is 1. The van der Waals surface area contributed by atoms with Crippen LogP contribution in [0.25, 0.3) is 22.5 Å². The molecular weight excluding hydrogens is 530 g/mol. The number of carbonyl (C=O) groups is 1. The third-order valence-electron chi connectivity index (χ3n) is 6.49. The number of aryl methyl sites for hydroxylation is 2. The van der Waals surface area contributed by atoms with E-state index in [1.807, 2.05) is 17.8 Å². The average molecular weight is 553 g/mol. The SMILES string of the molecule is Cc1ccc(C(=O)Nc2ccc(Oc3cc(-c4cn(C)cn4)cn4nccc34)c(F)c2)c(=O)n1-c1ccc(F)cc1. The third kappa shape index (κ3) is 4.96. The van der Waals surface area contributed by atoms with Gasteiger partial charge in [0.1, 0.15) is 16.9 Å². The largest absolute Gasteiger partial charge is 0.452 e. The number of ether oxygens (including phenoxy) is 1. The number of pyridine rings is 2. The van der Waals surface area contributed by atoms with Crippen molar-refractivity contribution >= 4 is 17.1 Å². The van der Waals surface area contributed by atoms with Crippen molar-refractivity contribution in [1.29, 1.82) is 0 Å². The summed E-state index contributed by atoms with van der Waals surface area (Å²) >= 11 is 0. The Morgan fingerprint density at radius 1 is 0.951 bits per heavy atom. The van der Waals surface area contributed by atoms with Crippen molar-refractivity contribution in [1.82, 2.24) is 23.7 Å². The Morgan fingerprint density at radius 2 is 1.76 bits per heavy atom. The maximum absolute atomic E-state index is 15.2. The highest BCUT2D eigenvalue weighted by Crippen LogP contribution is 2.33. The fraction of sp³-hybridized carbons (Fsp3) is 0.0667. The fourth-order valence-electron chi connectivity index (χ4n) is 4.47. The minimum Gasteiger partial charge on any atom is -0.452 e. The van der Waals surface area contributed by atoms with Gasteiger partial charge in [0.25, 0.3) is 11.5 Å². The lowest BCUT2D eigenvalue weighted by atomic mass is 10.2. The summed E-state index contributed by atoms with van der Waals surface area (Å²) in [4.78, 5) is 30.5. The van der Waals surface area contributed by atoms with Crippen LogP contribution in [0, 0.1) is 18.6 Å². The van der Waals surface area contributed by atoms with Gasteiger partial charge in [-0.15, -0.1) is 0 Å². The molecule has 11 heteroatoms. The molecule has 204 valence electrons. The van der Waals surface area contributed by atoms with Gasteiger partial charge < -0.3 is 14.6 Å². The number of fused-ring (bicyclic) bond motifs is 1. The number of hydrogen-bond donors (Lipinski definition) is 1. The summed E-state index contributed by atoms with van der Waals surface area (Å²) in [6, 6.07) is 15.8. The number of hydrogen-bond acceptors (Lipinski definition) is 5. The topological polar surface area (TPSA) is 95.5 Å². The van der Waals surface area contributed by atoms with E-state index in [4.69, 9.17) is 4.74 Å². The summed E-state index contributed by atoms with van der Waals surface area (Å²) in [6.45, 7) is 1.70. The quantitative estimate of drug-likeness (QED) is 0.294. The van der Waals surface area contributed by atoms with Crippen LogP contribution < -0.4 is 15.6 Å². The van der Waals surface area contributed by atoms with Gasteiger partial charge in [-0.2, -0.15) is 5.10 Å². The Hall–Kier alpha value is -5.58. The van der Waals surface area contributed by atoms with Crippen LogP contribution in [0.4, 0.5) is 14.5 Å². The van der Waals surface area contributed by atoms with Crippen LogP contribution in [-0.4, -0.2) is 29.6 Å². The van der Waals surface area contributed by atoms with Gasteiger partial charge in [-0.1, -0.05) is 0 Å². The first kappa shape index (κ1) is 25.7. The van der Waals surface area contributed by atoms with Crippen molar-refractivity contribution in [3.05, 3.63) is 125 Å². The number of halogens is 2. The third-order valence-corrected chi connectivity index (χ3v) is 6.49.